The third kappa shape index (κ3) is 3.04. The molecule has 1 aromatic carbocycles. The van der Waals surface area contributed by atoms with Crippen LogP contribution in [0.5, 0.6) is 11.5 Å². The van der Waals surface area contributed by atoms with E-state index in [9.17, 15) is 9.90 Å². The number of β-amino-alcohol motifs (C(OH)–C–C–N with tert-alkyl or cyclic N) is 1. The van der Waals surface area contributed by atoms with Crippen LogP contribution in [0, 0.1) is 5.92 Å². The quantitative estimate of drug-likeness (QED) is 0.889. The molecule has 1 fully saturated rings. The molecule has 0 aliphatic carbocycles. The molecule has 2 atom stereocenters. The maximum absolute atomic E-state index is 11.8. The number of nitrogens with zero attached hydrogens (tertiary/aromatic N) is 1. The molecule has 0 radical (unpaired) electrons. The van der Waals surface area contributed by atoms with Crippen LogP contribution in [-0.4, -0.2) is 43.2 Å². The fraction of sp³-hybridized carbons (Fsp3) is 0.533. The fourth-order valence-corrected chi connectivity index (χ4v) is 2.55. The van der Waals surface area contributed by atoms with Gasteiger partial charge in [0, 0.05) is 18.5 Å². The summed E-state index contributed by atoms with van der Waals surface area (Å²) in [6, 6.07) is 5.28. The van der Waals surface area contributed by atoms with Crippen molar-refractivity contribution in [1.82, 2.24) is 4.90 Å². The molecule has 1 aromatic rings. The molecule has 2 unspecified atom stereocenters. The van der Waals surface area contributed by atoms with Crippen molar-refractivity contribution in [2.24, 2.45) is 5.92 Å². The highest BCUT2D eigenvalue weighted by Gasteiger charge is 2.29. The van der Waals surface area contributed by atoms with Crippen molar-refractivity contribution < 1.29 is 19.4 Å². The second-order valence-electron chi connectivity index (χ2n) is 5.23. The van der Waals surface area contributed by atoms with Crippen molar-refractivity contribution in [3.63, 3.8) is 0 Å². The number of carbonyl (C=O) groups is 1. The standard InChI is InChI=1S/C15H21NO4/c1-10-6-15(18)16(8-10)9-13(17)12-7-11(19-2)4-5-14(12)20-3/h4-5,7,10,13,17H,6,8-9H2,1-3H3. The fourth-order valence-electron chi connectivity index (χ4n) is 2.55. The maximum atomic E-state index is 11.8. The predicted octanol–water partition coefficient (Wildman–Crippen LogP) is 1.61. The molecule has 0 aromatic heterocycles. The smallest absolute Gasteiger partial charge is 0.223 e. The number of carbonyl (C=O) groups excluding carboxylic acids is 1. The summed E-state index contributed by atoms with van der Waals surface area (Å²) in [7, 11) is 3.13. The Morgan fingerprint density at radius 2 is 2.15 bits per heavy atom. The Morgan fingerprint density at radius 1 is 1.40 bits per heavy atom. The van der Waals surface area contributed by atoms with E-state index >= 15 is 0 Å². The average Bonchev–Trinajstić information content (AvgIpc) is 2.76. The van der Waals surface area contributed by atoms with Gasteiger partial charge in [0.25, 0.3) is 0 Å². The van der Waals surface area contributed by atoms with E-state index in [0.717, 1.165) is 0 Å². The SMILES string of the molecule is COc1ccc(OC)c(C(O)CN2CC(C)CC2=O)c1. The van der Waals surface area contributed by atoms with Gasteiger partial charge < -0.3 is 19.5 Å². The second kappa shape index (κ2) is 6.13. The summed E-state index contributed by atoms with van der Waals surface area (Å²) >= 11 is 0. The first-order chi connectivity index (χ1) is 9.55. The molecule has 0 spiro atoms. The number of aliphatic hydroxyl groups excluding tert-OH is 1. The van der Waals surface area contributed by atoms with Crippen LogP contribution in [0.25, 0.3) is 0 Å². The topological polar surface area (TPSA) is 59.0 Å². The van der Waals surface area contributed by atoms with E-state index in [1.807, 2.05) is 6.92 Å². The number of methoxy groups -OCH3 is 2. The number of hydrogen-bond donors (Lipinski definition) is 1. The minimum Gasteiger partial charge on any atom is -0.497 e. The van der Waals surface area contributed by atoms with Gasteiger partial charge in [0.1, 0.15) is 17.6 Å². The van der Waals surface area contributed by atoms with Crippen molar-refractivity contribution in [3.05, 3.63) is 23.8 Å². The zero-order chi connectivity index (χ0) is 14.7. The average molecular weight is 279 g/mol. The molecule has 2 rings (SSSR count). The van der Waals surface area contributed by atoms with E-state index in [-0.39, 0.29) is 12.5 Å². The summed E-state index contributed by atoms with van der Waals surface area (Å²) in [5, 5.41) is 10.4. The zero-order valence-corrected chi connectivity index (χ0v) is 12.1. The molecular weight excluding hydrogens is 258 g/mol. The Balaban J connectivity index is 2.15. The highest BCUT2D eigenvalue weighted by atomic mass is 16.5. The molecule has 1 aliphatic heterocycles. The number of aliphatic hydroxyl groups is 1. The van der Waals surface area contributed by atoms with Gasteiger partial charge in [0.15, 0.2) is 0 Å². The first-order valence-corrected chi connectivity index (χ1v) is 6.73. The van der Waals surface area contributed by atoms with Crippen LogP contribution in [0.2, 0.25) is 0 Å². The largest absolute Gasteiger partial charge is 0.497 e. The van der Waals surface area contributed by atoms with Crippen LogP contribution in [-0.2, 0) is 4.79 Å². The minimum atomic E-state index is -0.783. The lowest BCUT2D eigenvalue weighted by Crippen LogP contribution is -2.30. The van der Waals surface area contributed by atoms with E-state index < -0.39 is 6.10 Å². The van der Waals surface area contributed by atoms with Crippen molar-refractivity contribution in [2.45, 2.75) is 19.4 Å². The van der Waals surface area contributed by atoms with Crippen LogP contribution in [0.4, 0.5) is 0 Å². The normalized spacial score (nSPS) is 20.1. The van der Waals surface area contributed by atoms with Gasteiger partial charge in [-0.25, -0.2) is 0 Å². The minimum absolute atomic E-state index is 0.0958. The molecule has 1 amide bonds. The molecule has 20 heavy (non-hydrogen) atoms. The summed E-state index contributed by atoms with van der Waals surface area (Å²) < 4.78 is 10.4. The number of benzene rings is 1. The third-order valence-electron chi connectivity index (χ3n) is 3.60. The highest BCUT2D eigenvalue weighted by molar-refractivity contribution is 5.78. The number of amides is 1. The summed E-state index contributed by atoms with van der Waals surface area (Å²) in [4.78, 5) is 13.5. The predicted molar refractivity (Wildman–Crippen MR) is 74.9 cm³/mol. The summed E-state index contributed by atoms with van der Waals surface area (Å²) in [5.74, 6) is 1.69. The lowest BCUT2D eigenvalue weighted by Gasteiger charge is -2.22. The molecular formula is C15H21NO4. The third-order valence-corrected chi connectivity index (χ3v) is 3.60. The van der Waals surface area contributed by atoms with Gasteiger partial charge in [-0.2, -0.15) is 0 Å². The van der Waals surface area contributed by atoms with E-state index in [0.29, 0.717) is 35.9 Å². The first-order valence-electron chi connectivity index (χ1n) is 6.73. The Morgan fingerprint density at radius 3 is 2.70 bits per heavy atom. The van der Waals surface area contributed by atoms with Crippen LogP contribution in [0.15, 0.2) is 18.2 Å². The van der Waals surface area contributed by atoms with Gasteiger partial charge in [-0.15, -0.1) is 0 Å². The summed E-state index contributed by atoms with van der Waals surface area (Å²) in [6.45, 7) is 3.02. The lowest BCUT2D eigenvalue weighted by molar-refractivity contribution is -0.129. The lowest BCUT2D eigenvalue weighted by atomic mass is 10.1. The van der Waals surface area contributed by atoms with E-state index in [1.165, 1.54) is 0 Å². The molecule has 1 saturated heterocycles. The summed E-state index contributed by atoms with van der Waals surface area (Å²) in [6.07, 6.45) is -0.226. The van der Waals surface area contributed by atoms with Crippen molar-refractivity contribution in [3.8, 4) is 11.5 Å². The van der Waals surface area contributed by atoms with E-state index in [2.05, 4.69) is 0 Å². The summed E-state index contributed by atoms with van der Waals surface area (Å²) in [5.41, 5.74) is 0.638. The molecule has 5 heteroatoms. The van der Waals surface area contributed by atoms with Gasteiger partial charge in [0.05, 0.1) is 20.8 Å². The maximum Gasteiger partial charge on any atom is 0.223 e. The Kier molecular flexibility index (Phi) is 4.49. The molecule has 1 aliphatic rings. The molecule has 0 saturated carbocycles. The van der Waals surface area contributed by atoms with Crippen LogP contribution >= 0.6 is 0 Å². The molecule has 1 heterocycles. The van der Waals surface area contributed by atoms with Crippen molar-refractivity contribution >= 4 is 5.91 Å². The van der Waals surface area contributed by atoms with Crippen LogP contribution < -0.4 is 9.47 Å². The van der Waals surface area contributed by atoms with Crippen LogP contribution in [0.1, 0.15) is 25.0 Å². The second-order valence-corrected chi connectivity index (χ2v) is 5.23. The molecule has 110 valence electrons. The number of ether oxygens (including phenoxy) is 2. The Hall–Kier alpha value is -1.75. The van der Waals surface area contributed by atoms with E-state index in [4.69, 9.17) is 9.47 Å². The van der Waals surface area contributed by atoms with Gasteiger partial charge in [-0.1, -0.05) is 6.92 Å². The number of likely N-dealkylation sites (tertiary alicyclic amines) is 1. The Labute approximate surface area is 119 Å². The molecule has 0 bridgehead atoms. The monoisotopic (exact) mass is 279 g/mol. The van der Waals surface area contributed by atoms with E-state index in [1.54, 1.807) is 37.3 Å². The Bertz CT molecular complexity index is 489. The highest BCUT2D eigenvalue weighted by Crippen LogP contribution is 2.31. The van der Waals surface area contributed by atoms with Crippen molar-refractivity contribution in [2.75, 3.05) is 27.3 Å². The zero-order valence-electron chi connectivity index (χ0n) is 12.1. The van der Waals surface area contributed by atoms with Gasteiger partial charge in [-0.05, 0) is 24.1 Å². The molecule has 5 nitrogen and oxygen atoms in total. The van der Waals surface area contributed by atoms with Gasteiger partial charge in [0.2, 0.25) is 5.91 Å². The first kappa shape index (κ1) is 14.7. The number of rotatable bonds is 5. The van der Waals surface area contributed by atoms with Gasteiger partial charge >= 0.3 is 0 Å². The number of hydrogen-bond acceptors (Lipinski definition) is 4. The van der Waals surface area contributed by atoms with Gasteiger partial charge in [-0.3, -0.25) is 4.79 Å². The van der Waals surface area contributed by atoms with Crippen molar-refractivity contribution in [1.29, 1.82) is 0 Å². The van der Waals surface area contributed by atoms with Crippen LogP contribution in [0.3, 0.4) is 0 Å². The molecule has 1 N–H and O–H groups in total.